The van der Waals surface area contributed by atoms with Crippen molar-refractivity contribution in [3.8, 4) is 27.8 Å². The number of allylic oxidation sites excluding steroid dienone is 8. The van der Waals surface area contributed by atoms with Gasteiger partial charge in [0.05, 0.1) is 33.3 Å². The lowest BCUT2D eigenvalue weighted by Gasteiger charge is -2.12. The Labute approximate surface area is 238 Å². The zero-order valence-corrected chi connectivity index (χ0v) is 24.3. The highest BCUT2D eigenvalue weighted by molar-refractivity contribution is 7.13. The number of rotatable bonds is 7. The Kier molecular flexibility index (Phi) is 13.2. The summed E-state index contributed by atoms with van der Waals surface area (Å²) in [6, 6.07) is 0. The first kappa shape index (κ1) is 34.5. The predicted octanol–water partition coefficient (Wildman–Crippen LogP) is 9.83. The van der Waals surface area contributed by atoms with Crippen LogP contribution in [0.2, 0.25) is 0 Å². The van der Waals surface area contributed by atoms with Crippen molar-refractivity contribution in [1.29, 1.82) is 0 Å². The average molecular weight is 605 g/mol. The Hall–Kier alpha value is -3.51. The molecule has 3 aromatic heterocycles. The topological polar surface area (TPSA) is 77.0 Å². The molecule has 0 aromatic carbocycles. The predicted molar refractivity (Wildman–Crippen MR) is 151 cm³/mol. The van der Waals surface area contributed by atoms with Crippen molar-refractivity contribution >= 4 is 34.2 Å². The first-order valence-corrected chi connectivity index (χ1v) is 13.1. The molecule has 6 nitrogen and oxygen atoms in total. The zero-order valence-electron chi connectivity index (χ0n) is 22.8. The molecular weight excluding hydrogens is 575 g/mol. The van der Waals surface area contributed by atoms with Crippen molar-refractivity contribution < 1.29 is 31.6 Å². The van der Waals surface area contributed by atoms with E-state index in [4.69, 9.17) is 16.1 Å². The van der Waals surface area contributed by atoms with Gasteiger partial charge in [-0.15, -0.1) is 11.3 Å². The van der Waals surface area contributed by atoms with Gasteiger partial charge in [-0.3, -0.25) is 0 Å². The molecule has 0 amide bonds. The van der Waals surface area contributed by atoms with Gasteiger partial charge in [-0.2, -0.15) is 18.3 Å². The minimum atomic E-state index is -4.84. The van der Waals surface area contributed by atoms with Crippen molar-refractivity contribution in [2.75, 3.05) is 0 Å². The summed E-state index contributed by atoms with van der Waals surface area (Å²) in [5.74, 6) is -1.54. The van der Waals surface area contributed by atoms with Crippen LogP contribution in [0.15, 0.2) is 64.4 Å². The van der Waals surface area contributed by atoms with Crippen LogP contribution in [0.3, 0.4) is 0 Å². The summed E-state index contributed by atoms with van der Waals surface area (Å²) in [6.07, 6.45) is 1.11. The molecule has 0 aliphatic carbocycles. The van der Waals surface area contributed by atoms with Gasteiger partial charge in [-0.05, 0) is 33.8 Å². The van der Waals surface area contributed by atoms with Gasteiger partial charge in [0.2, 0.25) is 5.88 Å². The first-order chi connectivity index (χ1) is 18.7. The fourth-order valence-corrected chi connectivity index (χ4v) is 4.22. The Morgan fingerprint density at radius 3 is 2.30 bits per heavy atom. The number of nitrogens with zero attached hydrogens (tertiary/aromatic N) is 4. The zero-order chi connectivity index (χ0) is 30.8. The second-order valence-electron chi connectivity index (χ2n) is 7.66. The Morgan fingerprint density at radius 2 is 1.90 bits per heavy atom. The van der Waals surface area contributed by atoms with Crippen molar-refractivity contribution in [3.05, 3.63) is 71.3 Å². The quantitative estimate of drug-likeness (QED) is 0.165. The maximum atomic E-state index is 14.5. The SMILES string of the molecule is C/C=C\C(C)F.C=C/C=C(Cl)\C(=C(/C)F)c1noc(-c2cnn(C(=C)C)c2C(F)(F)F)c1-c1nc(O)cs1.CC. The molecule has 0 radical (unpaired) electrons. The smallest absolute Gasteiger partial charge is 0.434 e. The van der Waals surface area contributed by atoms with Crippen LogP contribution in [-0.4, -0.2) is 31.2 Å². The highest BCUT2D eigenvalue weighted by atomic mass is 35.5. The van der Waals surface area contributed by atoms with E-state index < -0.39 is 29.4 Å². The third kappa shape index (κ3) is 8.49. The van der Waals surface area contributed by atoms with E-state index in [-0.39, 0.29) is 44.2 Å². The molecule has 0 fully saturated rings. The van der Waals surface area contributed by atoms with Crippen molar-refractivity contribution in [2.45, 2.75) is 53.9 Å². The lowest BCUT2D eigenvalue weighted by molar-refractivity contribution is -0.142. The van der Waals surface area contributed by atoms with Gasteiger partial charge < -0.3 is 9.63 Å². The number of thiazole rings is 1. The molecule has 3 heterocycles. The molecule has 0 spiro atoms. The molecule has 3 aromatic rings. The number of aromatic nitrogens is 4. The molecule has 1 unspecified atom stereocenters. The second kappa shape index (κ2) is 15.3. The van der Waals surface area contributed by atoms with Gasteiger partial charge >= 0.3 is 6.18 Å². The van der Waals surface area contributed by atoms with Crippen LogP contribution in [0.5, 0.6) is 5.88 Å². The molecule has 0 saturated heterocycles. The summed E-state index contributed by atoms with van der Waals surface area (Å²) in [4.78, 5) is 3.90. The number of hydrogen-bond acceptors (Lipinski definition) is 6. The third-order valence-electron chi connectivity index (χ3n) is 4.58. The van der Waals surface area contributed by atoms with E-state index in [2.05, 4.69) is 28.4 Å². The van der Waals surface area contributed by atoms with E-state index in [0.717, 1.165) is 24.5 Å². The molecule has 218 valence electrons. The van der Waals surface area contributed by atoms with E-state index in [1.54, 1.807) is 13.0 Å². The summed E-state index contributed by atoms with van der Waals surface area (Å²) < 4.78 is 73.7. The van der Waals surface area contributed by atoms with Crippen molar-refractivity contribution in [1.82, 2.24) is 19.9 Å². The standard InChI is InChI=1S/C20H15ClF4N4O2S.C5H9F.C2H6/c1-5-6-12(21)14(10(4)22)16-15(19-27-13(30)8-32-19)17(31-28-16)11-7-26-29(9(2)3)18(11)20(23,24)25;1-3-4-5(2)6;1-2/h5-8,30H,1-2H2,3-4H3;3-5H,1-2H3;1-2H3/b12-6+,14-10-;4-3-;. The van der Waals surface area contributed by atoms with Gasteiger partial charge in [0.1, 0.15) is 22.7 Å². The number of alkyl halides is 4. The van der Waals surface area contributed by atoms with Crippen LogP contribution in [0.4, 0.5) is 22.0 Å². The monoisotopic (exact) mass is 604 g/mol. The van der Waals surface area contributed by atoms with Crippen LogP contribution in [-0.2, 0) is 6.18 Å². The molecule has 13 heteroatoms. The summed E-state index contributed by atoms with van der Waals surface area (Å²) in [7, 11) is 0. The third-order valence-corrected chi connectivity index (χ3v) is 5.75. The molecule has 0 aliphatic heterocycles. The van der Waals surface area contributed by atoms with Crippen LogP contribution < -0.4 is 0 Å². The average Bonchev–Trinajstić information content (AvgIpc) is 3.58. The normalized spacial score (nSPS) is 13.2. The molecular formula is C27H30ClF5N4O2S. The number of aromatic hydroxyl groups is 1. The maximum Gasteiger partial charge on any atom is 0.434 e. The Balaban J connectivity index is 0.000000885. The summed E-state index contributed by atoms with van der Waals surface area (Å²) in [5, 5.41) is 18.4. The molecule has 3 rings (SSSR count). The Morgan fingerprint density at radius 1 is 1.27 bits per heavy atom. The summed E-state index contributed by atoms with van der Waals surface area (Å²) in [6.45, 7) is 16.8. The largest absolute Gasteiger partial charge is 0.493 e. The van der Waals surface area contributed by atoms with Gasteiger partial charge in [0.15, 0.2) is 11.5 Å². The van der Waals surface area contributed by atoms with Gasteiger partial charge in [0, 0.05) is 5.70 Å². The van der Waals surface area contributed by atoms with Crippen LogP contribution in [0.1, 0.15) is 52.9 Å². The first-order valence-electron chi connectivity index (χ1n) is 11.8. The van der Waals surface area contributed by atoms with Crippen molar-refractivity contribution in [3.63, 3.8) is 0 Å². The van der Waals surface area contributed by atoms with Crippen LogP contribution in [0, 0.1) is 0 Å². The number of hydrogen-bond donors (Lipinski definition) is 1. The number of halogens is 6. The molecule has 0 saturated carbocycles. The van der Waals surface area contributed by atoms with E-state index in [9.17, 15) is 27.1 Å². The summed E-state index contributed by atoms with van der Waals surface area (Å²) >= 11 is 7.08. The molecule has 0 aliphatic rings. The molecule has 1 N–H and O–H groups in total. The Bertz CT molecular complexity index is 1390. The minimum absolute atomic E-state index is 0.00825. The lowest BCUT2D eigenvalue weighted by Crippen LogP contribution is -2.14. The molecule has 0 bridgehead atoms. The molecule has 1 atom stereocenters. The maximum absolute atomic E-state index is 14.5. The fraction of sp³-hybridized carbons (Fsp3) is 0.296. The van der Waals surface area contributed by atoms with Crippen LogP contribution >= 0.6 is 22.9 Å². The van der Waals surface area contributed by atoms with E-state index >= 15 is 0 Å². The summed E-state index contributed by atoms with van der Waals surface area (Å²) in [5.41, 5.74) is -2.15. The highest BCUT2D eigenvalue weighted by Gasteiger charge is 2.41. The highest BCUT2D eigenvalue weighted by Crippen LogP contribution is 2.46. The van der Waals surface area contributed by atoms with E-state index in [1.807, 2.05) is 13.8 Å². The molecule has 40 heavy (non-hydrogen) atoms. The van der Waals surface area contributed by atoms with Gasteiger partial charge in [-0.1, -0.05) is 62.0 Å². The van der Waals surface area contributed by atoms with Gasteiger partial charge in [-0.25, -0.2) is 18.4 Å². The van der Waals surface area contributed by atoms with Crippen LogP contribution in [0.25, 0.3) is 33.2 Å². The van der Waals surface area contributed by atoms with Gasteiger partial charge in [0.25, 0.3) is 0 Å². The minimum Gasteiger partial charge on any atom is -0.493 e. The van der Waals surface area contributed by atoms with E-state index in [1.165, 1.54) is 37.5 Å². The van der Waals surface area contributed by atoms with Crippen molar-refractivity contribution in [2.24, 2.45) is 0 Å². The van der Waals surface area contributed by atoms with E-state index in [0.29, 0.717) is 4.68 Å². The fourth-order valence-electron chi connectivity index (χ4n) is 3.19. The lowest BCUT2D eigenvalue weighted by atomic mass is 10.0. The second-order valence-corrected chi connectivity index (χ2v) is 8.93.